The van der Waals surface area contributed by atoms with Crippen molar-refractivity contribution in [2.75, 3.05) is 13.1 Å². The van der Waals surface area contributed by atoms with E-state index in [-0.39, 0.29) is 18.0 Å². The lowest BCUT2D eigenvalue weighted by Gasteiger charge is -2.42. The Morgan fingerprint density at radius 1 is 1.27 bits per heavy atom. The second-order valence-electron chi connectivity index (χ2n) is 9.67. The van der Waals surface area contributed by atoms with Gasteiger partial charge in [-0.25, -0.2) is 0 Å². The number of aromatic nitrogens is 2. The molecule has 3 atom stereocenters. The third-order valence-corrected chi connectivity index (χ3v) is 7.52. The van der Waals surface area contributed by atoms with Crippen molar-refractivity contribution in [1.82, 2.24) is 14.7 Å². The van der Waals surface area contributed by atoms with E-state index in [9.17, 15) is 5.11 Å². The summed E-state index contributed by atoms with van der Waals surface area (Å²) in [5.74, 6) is 6.16. The molecule has 0 bridgehead atoms. The van der Waals surface area contributed by atoms with E-state index in [1.54, 1.807) is 12.3 Å². The number of allylic oxidation sites excluding steroid dienone is 2. The number of likely N-dealkylation sites (tertiary alicyclic amines) is 1. The maximum absolute atomic E-state index is 10.1. The first-order chi connectivity index (χ1) is 15.9. The average Bonchev–Trinajstić information content (AvgIpc) is 3.24. The average molecular weight is 449 g/mol. The summed E-state index contributed by atoms with van der Waals surface area (Å²) in [4.78, 5) is 2.67. The molecule has 7 nitrogen and oxygen atoms in total. The Kier molecular flexibility index (Phi) is 7.46. The molecule has 0 aromatic carbocycles. The van der Waals surface area contributed by atoms with Crippen molar-refractivity contribution in [3.8, 4) is 11.8 Å². The number of aliphatic hydroxyl groups is 1. The highest BCUT2D eigenvalue weighted by atomic mass is 16.3. The van der Waals surface area contributed by atoms with Crippen LogP contribution in [0.2, 0.25) is 0 Å². The first kappa shape index (κ1) is 23.5. The van der Waals surface area contributed by atoms with Crippen molar-refractivity contribution in [3.05, 3.63) is 41.8 Å². The van der Waals surface area contributed by atoms with Crippen LogP contribution in [-0.2, 0) is 0 Å². The standard InChI is InChI=1S/C26H36N6O/c1-18(20-11-13-31(14-12-20)22-5-4-6-22)32-17-19(16-30-32)9-10-21(26(28)29)15-24(27)23-7-2-3-8-25(23)33/h2-3,7,16-18,20-22,25,27,33H,4-6,8,11-15H2,1H3,(H3,28,29). The largest absolute Gasteiger partial charge is 0.388 e. The molecule has 0 spiro atoms. The molecule has 1 saturated carbocycles. The van der Waals surface area contributed by atoms with Gasteiger partial charge >= 0.3 is 0 Å². The zero-order valence-electron chi connectivity index (χ0n) is 19.5. The molecule has 2 fully saturated rings. The van der Waals surface area contributed by atoms with Crippen molar-refractivity contribution in [1.29, 1.82) is 10.8 Å². The third-order valence-electron chi connectivity index (χ3n) is 7.52. The Labute approximate surface area is 196 Å². The molecule has 0 amide bonds. The second-order valence-corrected chi connectivity index (χ2v) is 9.67. The van der Waals surface area contributed by atoms with Gasteiger partial charge in [-0.15, -0.1) is 0 Å². The molecular formula is C26H36N6O. The number of nitrogens with two attached hydrogens (primary N) is 1. The van der Waals surface area contributed by atoms with Gasteiger partial charge in [0.05, 0.1) is 29.8 Å². The van der Waals surface area contributed by atoms with Crippen LogP contribution >= 0.6 is 0 Å². The fraction of sp³-hybridized carbons (Fsp3) is 0.577. The lowest BCUT2D eigenvalue weighted by molar-refractivity contribution is 0.0713. The molecule has 1 saturated heterocycles. The molecule has 1 aliphatic heterocycles. The van der Waals surface area contributed by atoms with E-state index >= 15 is 0 Å². The Morgan fingerprint density at radius 2 is 2.03 bits per heavy atom. The van der Waals surface area contributed by atoms with Crippen molar-refractivity contribution in [2.24, 2.45) is 17.6 Å². The zero-order valence-corrected chi connectivity index (χ0v) is 19.5. The van der Waals surface area contributed by atoms with Gasteiger partial charge in [0, 0.05) is 29.9 Å². The molecule has 1 aromatic heterocycles. The molecule has 7 heteroatoms. The van der Waals surface area contributed by atoms with Crippen molar-refractivity contribution >= 4 is 11.5 Å². The minimum Gasteiger partial charge on any atom is -0.388 e. The van der Waals surface area contributed by atoms with Crippen LogP contribution in [0.1, 0.15) is 63.5 Å². The molecule has 176 valence electrons. The molecular weight excluding hydrogens is 412 g/mol. The van der Waals surface area contributed by atoms with E-state index in [0.29, 0.717) is 24.0 Å². The minimum absolute atomic E-state index is 0.0623. The van der Waals surface area contributed by atoms with Gasteiger partial charge in [-0.2, -0.15) is 5.10 Å². The Balaban J connectivity index is 1.35. The van der Waals surface area contributed by atoms with Crippen LogP contribution in [0, 0.1) is 34.5 Å². The maximum Gasteiger partial charge on any atom is 0.106 e. The molecule has 2 aliphatic carbocycles. The van der Waals surface area contributed by atoms with E-state index in [4.69, 9.17) is 16.6 Å². The topological polar surface area (TPSA) is 115 Å². The van der Waals surface area contributed by atoms with Gasteiger partial charge < -0.3 is 21.1 Å². The normalized spacial score (nSPS) is 23.7. The predicted octanol–water partition coefficient (Wildman–Crippen LogP) is 3.27. The Morgan fingerprint density at radius 3 is 2.67 bits per heavy atom. The zero-order chi connectivity index (χ0) is 23.4. The van der Waals surface area contributed by atoms with Gasteiger partial charge in [0.2, 0.25) is 0 Å². The van der Waals surface area contributed by atoms with Crippen molar-refractivity contribution in [3.63, 3.8) is 0 Å². The minimum atomic E-state index is -0.677. The number of rotatable bonds is 7. The van der Waals surface area contributed by atoms with Crippen LogP contribution in [0.25, 0.3) is 0 Å². The first-order valence-corrected chi connectivity index (χ1v) is 12.2. The first-order valence-electron chi connectivity index (χ1n) is 12.2. The molecule has 0 radical (unpaired) electrons. The van der Waals surface area contributed by atoms with Gasteiger partial charge in [-0.3, -0.25) is 10.1 Å². The summed E-state index contributed by atoms with van der Waals surface area (Å²) in [7, 11) is 0. The highest BCUT2D eigenvalue weighted by molar-refractivity contribution is 6.02. The fourth-order valence-corrected chi connectivity index (χ4v) is 5.01. The smallest absolute Gasteiger partial charge is 0.106 e. The molecule has 5 N–H and O–H groups in total. The Bertz CT molecular complexity index is 984. The molecule has 3 aliphatic rings. The number of piperidine rings is 1. The lowest BCUT2D eigenvalue weighted by Crippen LogP contribution is -2.45. The summed E-state index contributed by atoms with van der Waals surface area (Å²) in [6.45, 7) is 4.63. The van der Waals surface area contributed by atoms with Gasteiger partial charge in [-0.05, 0) is 58.0 Å². The highest BCUT2D eigenvalue weighted by Gasteiger charge is 2.31. The van der Waals surface area contributed by atoms with E-state index in [2.05, 4.69) is 28.8 Å². The van der Waals surface area contributed by atoms with Gasteiger partial charge in [0.25, 0.3) is 0 Å². The molecule has 3 unspecified atom stereocenters. The van der Waals surface area contributed by atoms with Crippen LogP contribution in [0.3, 0.4) is 0 Å². The van der Waals surface area contributed by atoms with E-state index < -0.39 is 12.0 Å². The summed E-state index contributed by atoms with van der Waals surface area (Å²) in [5.41, 5.74) is 7.43. The predicted molar refractivity (Wildman–Crippen MR) is 131 cm³/mol. The number of nitrogens with one attached hydrogen (secondary N) is 2. The van der Waals surface area contributed by atoms with Crippen LogP contribution in [0.15, 0.2) is 36.2 Å². The van der Waals surface area contributed by atoms with E-state index in [0.717, 1.165) is 11.6 Å². The number of hydrogen-bond acceptors (Lipinski definition) is 5. The van der Waals surface area contributed by atoms with Gasteiger partial charge in [-0.1, -0.05) is 36.5 Å². The molecule has 1 aromatic rings. The SMILES string of the molecule is CC(C1CCN(C2CCC2)CC1)n1cc(C#CC(CC(=N)C2=CC=CCC2O)C(=N)N)cn1. The molecule has 33 heavy (non-hydrogen) atoms. The number of aliphatic hydroxyl groups excluding tert-OH is 1. The quantitative estimate of drug-likeness (QED) is 0.291. The second kappa shape index (κ2) is 10.5. The summed E-state index contributed by atoms with van der Waals surface area (Å²) >= 11 is 0. The molecule has 4 rings (SSSR count). The summed E-state index contributed by atoms with van der Waals surface area (Å²) < 4.78 is 2.02. The number of nitrogens with zero attached hydrogens (tertiary/aromatic N) is 3. The van der Waals surface area contributed by atoms with Gasteiger partial charge in [0.15, 0.2) is 0 Å². The van der Waals surface area contributed by atoms with Crippen LogP contribution < -0.4 is 5.73 Å². The summed E-state index contributed by atoms with van der Waals surface area (Å²) in [6, 6.07) is 1.16. The maximum atomic E-state index is 10.1. The lowest BCUT2D eigenvalue weighted by atomic mass is 9.85. The van der Waals surface area contributed by atoms with Crippen LogP contribution in [-0.4, -0.2) is 56.6 Å². The summed E-state index contributed by atoms with van der Waals surface area (Å²) in [5, 5.41) is 30.9. The van der Waals surface area contributed by atoms with E-state index in [1.165, 1.54) is 45.2 Å². The highest BCUT2D eigenvalue weighted by Crippen LogP contribution is 2.33. The van der Waals surface area contributed by atoms with Gasteiger partial charge in [0.1, 0.15) is 5.84 Å². The van der Waals surface area contributed by atoms with Crippen molar-refractivity contribution in [2.45, 2.75) is 70.1 Å². The summed E-state index contributed by atoms with van der Waals surface area (Å²) in [6.07, 6.45) is 15.8. The monoisotopic (exact) mass is 448 g/mol. The Hall–Kier alpha value is -2.69. The van der Waals surface area contributed by atoms with Crippen molar-refractivity contribution < 1.29 is 5.11 Å². The molecule has 2 heterocycles. The van der Waals surface area contributed by atoms with Crippen LogP contribution in [0.5, 0.6) is 0 Å². The van der Waals surface area contributed by atoms with E-state index in [1.807, 2.05) is 23.0 Å². The third kappa shape index (κ3) is 5.63. The fourth-order valence-electron chi connectivity index (χ4n) is 5.01. The number of hydrogen-bond donors (Lipinski definition) is 4. The van der Waals surface area contributed by atoms with Crippen LogP contribution in [0.4, 0.5) is 0 Å². The number of amidine groups is 1.